The molecule has 2 aromatic rings. The average molecular weight is 288 g/mol. The predicted molar refractivity (Wildman–Crippen MR) is 76.7 cm³/mol. The van der Waals surface area contributed by atoms with Crippen molar-refractivity contribution >= 4 is 23.2 Å². The molecule has 0 unspecified atom stereocenters. The third-order valence-corrected chi connectivity index (χ3v) is 2.60. The molecule has 0 fully saturated rings. The minimum Gasteiger partial charge on any atom is -0.426 e. The van der Waals surface area contributed by atoms with Crippen LogP contribution in [0.2, 0.25) is 0 Å². The van der Waals surface area contributed by atoms with Crippen molar-refractivity contribution in [1.29, 1.82) is 0 Å². The van der Waals surface area contributed by atoms with Gasteiger partial charge >= 0.3 is 0 Å². The number of nitrogens with zero attached hydrogens (tertiary/aromatic N) is 2. The molecule has 0 spiro atoms. The van der Waals surface area contributed by atoms with E-state index in [1.54, 1.807) is 31.2 Å². The number of carbonyl (C=O) groups excluding carboxylic acids is 2. The Bertz CT molecular complexity index is 651. The molecule has 7 nitrogen and oxygen atoms in total. The van der Waals surface area contributed by atoms with Gasteiger partial charge in [-0.25, -0.2) is 0 Å². The monoisotopic (exact) mass is 288 g/mol. The van der Waals surface area contributed by atoms with Crippen LogP contribution in [-0.2, 0) is 16.0 Å². The summed E-state index contributed by atoms with van der Waals surface area (Å²) in [6, 6.07) is 6.94. The Morgan fingerprint density at radius 1 is 1.19 bits per heavy atom. The van der Waals surface area contributed by atoms with E-state index in [0.29, 0.717) is 29.6 Å². The third kappa shape index (κ3) is 4.72. The molecule has 21 heavy (non-hydrogen) atoms. The van der Waals surface area contributed by atoms with Crippen molar-refractivity contribution in [3.05, 3.63) is 36.0 Å². The third-order valence-electron chi connectivity index (χ3n) is 2.60. The lowest BCUT2D eigenvalue weighted by Crippen LogP contribution is -2.13. The zero-order valence-electron chi connectivity index (χ0n) is 11.8. The number of aryl methyl sites for hydroxylation is 2. The number of nitrogens with one attached hydrogen (secondary N) is 2. The maximum absolute atomic E-state index is 11.8. The van der Waals surface area contributed by atoms with Crippen molar-refractivity contribution in [3.63, 3.8) is 0 Å². The van der Waals surface area contributed by atoms with E-state index in [1.807, 2.05) is 0 Å². The van der Waals surface area contributed by atoms with Crippen LogP contribution in [0.15, 0.2) is 28.7 Å². The van der Waals surface area contributed by atoms with E-state index >= 15 is 0 Å². The van der Waals surface area contributed by atoms with E-state index in [1.165, 1.54) is 6.92 Å². The summed E-state index contributed by atoms with van der Waals surface area (Å²) >= 11 is 0. The van der Waals surface area contributed by atoms with E-state index < -0.39 is 0 Å². The summed E-state index contributed by atoms with van der Waals surface area (Å²) in [7, 11) is 0. The molecule has 2 N–H and O–H groups in total. The molecule has 0 saturated heterocycles. The minimum atomic E-state index is -0.162. The van der Waals surface area contributed by atoms with Gasteiger partial charge in [0.2, 0.25) is 23.6 Å². The molecule has 0 radical (unpaired) electrons. The summed E-state index contributed by atoms with van der Waals surface area (Å²) in [6.45, 7) is 3.13. The van der Waals surface area contributed by atoms with Crippen LogP contribution in [0.25, 0.3) is 0 Å². The van der Waals surface area contributed by atoms with Crippen LogP contribution in [0.1, 0.15) is 25.1 Å². The van der Waals surface area contributed by atoms with Crippen LogP contribution in [0.4, 0.5) is 11.4 Å². The summed E-state index contributed by atoms with van der Waals surface area (Å²) in [5.41, 5.74) is 1.25. The second-order valence-electron chi connectivity index (χ2n) is 4.52. The fraction of sp³-hybridized carbons (Fsp3) is 0.286. The molecule has 0 saturated carbocycles. The molecule has 1 aromatic heterocycles. The van der Waals surface area contributed by atoms with E-state index in [9.17, 15) is 9.59 Å². The Kier molecular flexibility index (Phi) is 4.65. The van der Waals surface area contributed by atoms with E-state index in [4.69, 9.17) is 4.42 Å². The summed E-state index contributed by atoms with van der Waals surface area (Å²) in [5.74, 6) is 0.596. The van der Waals surface area contributed by atoms with Crippen molar-refractivity contribution in [3.8, 4) is 0 Å². The van der Waals surface area contributed by atoms with Crippen LogP contribution in [0.3, 0.4) is 0 Å². The van der Waals surface area contributed by atoms with Crippen LogP contribution < -0.4 is 10.6 Å². The summed E-state index contributed by atoms with van der Waals surface area (Å²) < 4.78 is 5.20. The van der Waals surface area contributed by atoms with Gasteiger partial charge < -0.3 is 15.1 Å². The first-order valence-electron chi connectivity index (χ1n) is 6.49. The molecule has 2 rings (SSSR count). The second-order valence-corrected chi connectivity index (χ2v) is 4.52. The minimum absolute atomic E-state index is 0.161. The molecule has 2 amide bonds. The summed E-state index contributed by atoms with van der Waals surface area (Å²) in [5, 5.41) is 12.9. The first kappa shape index (κ1) is 14.7. The zero-order valence-corrected chi connectivity index (χ0v) is 11.8. The molecule has 1 aromatic carbocycles. The number of benzene rings is 1. The molecule has 0 atom stereocenters. The zero-order chi connectivity index (χ0) is 15.2. The standard InChI is InChI=1S/C14H16N4O3/c1-9(19)15-11-4-3-5-12(8-11)16-13(20)6-7-14-18-17-10(2)21-14/h3-5,8H,6-7H2,1-2H3,(H,15,19)(H,16,20). The number of hydrogen-bond acceptors (Lipinski definition) is 5. The van der Waals surface area contributed by atoms with Gasteiger partial charge in [-0.1, -0.05) is 6.07 Å². The fourth-order valence-electron chi connectivity index (χ4n) is 1.76. The molecule has 1 heterocycles. The number of aromatic nitrogens is 2. The largest absolute Gasteiger partial charge is 0.426 e. The van der Waals surface area contributed by atoms with Gasteiger partial charge in [-0.3, -0.25) is 9.59 Å². The van der Waals surface area contributed by atoms with Gasteiger partial charge in [-0.05, 0) is 18.2 Å². The molecular formula is C14H16N4O3. The Balaban J connectivity index is 1.88. The van der Waals surface area contributed by atoms with Gasteiger partial charge in [-0.2, -0.15) is 0 Å². The maximum atomic E-state index is 11.8. The number of carbonyl (C=O) groups is 2. The van der Waals surface area contributed by atoms with Crippen LogP contribution in [0.5, 0.6) is 0 Å². The van der Waals surface area contributed by atoms with Gasteiger partial charge in [0.1, 0.15) is 0 Å². The average Bonchev–Trinajstić information content (AvgIpc) is 2.82. The van der Waals surface area contributed by atoms with Gasteiger partial charge in [0.05, 0.1) is 0 Å². The number of rotatable bonds is 5. The number of hydrogen-bond donors (Lipinski definition) is 2. The second kappa shape index (κ2) is 6.65. The van der Waals surface area contributed by atoms with Crippen LogP contribution >= 0.6 is 0 Å². The smallest absolute Gasteiger partial charge is 0.224 e. The fourth-order valence-corrected chi connectivity index (χ4v) is 1.76. The first-order chi connectivity index (χ1) is 10.0. The lowest BCUT2D eigenvalue weighted by atomic mass is 10.2. The molecule has 0 aliphatic rings. The molecule has 0 bridgehead atoms. The highest BCUT2D eigenvalue weighted by atomic mass is 16.4. The lowest BCUT2D eigenvalue weighted by molar-refractivity contribution is -0.116. The highest BCUT2D eigenvalue weighted by molar-refractivity contribution is 5.93. The van der Waals surface area contributed by atoms with Gasteiger partial charge in [0.15, 0.2) is 0 Å². The first-order valence-corrected chi connectivity index (χ1v) is 6.49. The quantitative estimate of drug-likeness (QED) is 0.875. The molecule has 110 valence electrons. The lowest BCUT2D eigenvalue weighted by Gasteiger charge is -2.07. The van der Waals surface area contributed by atoms with Crippen molar-refractivity contribution < 1.29 is 14.0 Å². The van der Waals surface area contributed by atoms with Crippen molar-refractivity contribution in [2.24, 2.45) is 0 Å². The van der Waals surface area contributed by atoms with E-state index in [0.717, 1.165) is 0 Å². The SMILES string of the molecule is CC(=O)Nc1cccc(NC(=O)CCc2nnc(C)o2)c1. The molecule has 0 aliphatic carbocycles. The Morgan fingerprint density at radius 3 is 2.52 bits per heavy atom. The van der Waals surface area contributed by atoms with Crippen molar-refractivity contribution in [2.75, 3.05) is 10.6 Å². The Hall–Kier alpha value is -2.70. The molecule has 0 aliphatic heterocycles. The van der Waals surface area contributed by atoms with E-state index in [-0.39, 0.29) is 18.2 Å². The Labute approximate surface area is 121 Å². The topological polar surface area (TPSA) is 97.1 Å². The van der Waals surface area contributed by atoms with Crippen molar-refractivity contribution in [2.45, 2.75) is 26.7 Å². The summed E-state index contributed by atoms with van der Waals surface area (Å²) in [6.07, 6.45) is 0.629. The van der Waals surface area contributed by atoms with Gasteiger partial charge in [0, 0.05) is 38.1 Å². The van der Waals surface area contributed by atoms with E-state index in [2.05, 4.69) is 20.8 Å². The number of anilines is 2. The van der Waals surface area contributed by atoms with Crippen molar-refractivity contribution in [1.82, 2.24) is 10.2 Å². The maximum Gasteiger partial charge on any atom is 0.224 e. The normalized spacial score (nSPS) is 10.2. The Morgan fingerprint density at radius 2 is 1.90 bits per heavy atom. The highest BCUT2D eigenvalue weighted by Crippen LogP contribution is 2.15. The number of amides is 2. The van der Waals surface area contributed by atoms with Crippen LogP contribution in [0, 0.1) is 6.92 Å². The highest BCUT2D eigenvalue weighted by Gasteiger charge is 2.08. The molecule has 7 heteroatoms. The van der Waals surface area contributed by atoms with Crippen LogP contribution in [-0.4, -0.2) is 22.0 Å². The summed E-state index contributed by atoms with van der Waals surface area (Å²) in [4.78, 5) is 22.8. The molecular weight excluding hydrogens is 272 g/mol. The van der Waals surface area contributed by atoms with Gasteiger partial charge in [-0.15, -0.1) is 10.2 Å². The predicted octanol–water partition coefficient (Wildman–Crippen LogP) is 1.91. The van der Waals surface area contributed by atoms with Gasteiger partial charge in [0.25, 0.3) is 0 Å².